The summed E-state index contributed by atoms with van der Waals surface area (Å²) in [4.78, 5) is 84.3. The molecule has 0 atom stereocenters. The molecule has 2 aromatic heterocycles. The Morgan fingerprint density at radius 3 is 1.22 bits per heavy atom. The average Bonchev–Trinajstić information content (AvgIpc) is 1.68. The minimum atomic E-state index is -0.836. The molecule has 0 aliphatic carbocycles. The van der Waals surface area contributed by atoms with E-state index in [0.29, 0.717) is 64.7 Å². The Balaban J connectivity index is 0.000000154. The highest BCUT2D eigenvalue weighted by molar-refractivity contribution is 6.32. The maximum Gasteiger partial charge on any atom is 0.270 e. The van der Waals surface area contributed by atoms with Gasteiger partial charge in [0.05, 0.1) is 41.4 Å². The molecule has 758 valence electrons. The fourth-order valence-corrected chi connectivity index (χ4v) is 20.2. The molecule has 4 saturated heterocycles. The van der Waals surface area contributed by atoms with E-state index in [1.54, 1.807) is 24.8 Å². The van der Waals surface area contributed by atoms with Gasteiger partial charge < -0.3 is 58.1 Å². The van der Waals surface area contributed by atoms with E-state index in [1.165, 1.54) is 135 Å². The highest BCUT2D eigenvalue weighted by Gasteiger charge is 2.45. The van der Waals surface area contributed by atoms with Gasteiger partial charge in [0.15, 0.2) is 22.7 Å². The summed E-state index contributed by atoms with van der Waals surface area (Å²) in [6.07, 6.45) is 16.3. The second-order valence-electron chi connectivity index (χ2n) is 43.5. The SMILES string of the molecule is C=C1c2cc(C)c(C)cc2CN1C(C)C.Cc1cc2c(cc1C)C(=O)N(C(C)C)C2.Cc1cc2c(cc1C)C(=O)N(C(C)C)CC2.Cc1cc2c(cc1C)N(C(C)C)C(=O)C(C)(C)O2.Cc1cc2c(cc1Cl)N(C(C)C)C(=O)C(C)(C)O2.Cc1ccc(C(=O)N2CCC(N3CCN(C(C)C)CC3)CC2)c2c1OCO2.Cc1cnn(C2CCN(C(C)C)CC2)c1.Cc1cnn(C2CCN(C(C)C)CC2)c1. The van der Waals surface area contributed by atoms with Gasteiger partial charge in [0.1, 0.15) is 11.5 Å². The summed E-state index contributed by atoms with van der Waals surface area (Å²) in [5, 5.41) is 9.46. The first-order valence-corrected chi connectivity index (χ1v) is 51.8. The lowest BCUT2D eigenvalue weighted by molar-refractivity contribution is -0.133. The number of amides is 5. The third kappa shape index (κ3) is 26.3. The van der Waals surface area contributed by atoms with Crippen LogP contribution >= 0.6 is 11.6 Å². The largest absolute Gasteiger partial charge is 0.476 e. The number of hydrogen-bond donors (Lipinski definition) is 0. The third-order valence-electron chi connectivity index (χ3n) is 29.5. The molecule has 0 unspecified atom stereocenters. The number of fused-ring (bicyclic) bond motifs is 6. The van der Waals surface area contributed by atoms with Crippen molar-refractivity contribution >= 4 is 58.2 Å². The van der Waals surface area contributed by atoms with E-state index in [1.807, 2.05) is 130 Å². The number of likely N-dealkylation sites (tertiary alicyclic amines) is 3. The number of piperidine rings is 3. The van der Waals surface area contributed by atoms with Crippen LogP contribution in [0.5, 0.6) is 23.0 Å². The van der Waals surface area contributed by atoms with Crippen LogP contribution in [-0.2, 0) is 29.1 Å². The van der Waals surface area contributed by atoms with Gasteiger partial charge in [0.25, 0.3) is 29.5 Å². The van der Waals surface area contributed by atoms with Crippen molar-refractivity contribution in [2.75, 3.05) is 88.6 Å². The van der Waals surface area contributed by atoms with E-state index in [-0.39, 0.29) is 54.5 Å². The van der Waals surface area contributed by atoms with Crippen molar-refractivity contribution in [3.63, 3.8) is 0 Å². The smallest absolute Gasteiger partial charge is 0.270 e. The molecule has 4 fully saturated rings. The molecule has 5 amide bonds. The lowest BCUT2D eigenvalue weighted by atomic mass is 9.93. The van der Waals surface area contributed by atoms with Crippen molar-refractivity contribution in [3.05, 3.63) is 215 Å². The normalized spacial score (nSPS) is 18.2. The maximum absolute atomic E-state index is 13.0. The fraction of sp³-hybridized carbons (Fsp3) is 0.574. The minimum Gasteiger partial charge on any atom is -0.476 e. The van der Waals surface area contributed by atoms with Crippen LogP contribution in [0.15, 0.2) is 104 Å². The molecule has 0 N–H and O–H groups in total. The summed E-state index contributed by atoms with van der Waals surface area (Å²) < 4.78 is 27.1. The van der Waals surface area contributed by atoms with Crippen LogP contribution in [0.2, 0.25) is 5.02 Å². The van der Waals surface area contributed by atoms with Crippen molar-refractivity contribution in [2.45, 2.75) is 357 Å². The molecule has 18 rings (SSSR count). The molecule has 8 aromatic rings. The Hall–Kier alpha value is -10.0. The van der Waals surface area contributed by atoms with Crippen molar-refractivity contribution < 1.29 is 42.9 Å². The van der Waals surface area contributed by atoms with Crippen LogP contribution < -0.4 is 28.7 Å². The predicted molar refractivity (Wildman–Crippen MR) is 568 cm³/mol. The number of benzene rings is 6. The maximum atomic E-state index is 13.0. The molecule has 139 heavy (non-hydrogen) atoms. The molecule has 23 nitrogen and oxygen atoms in total. The van der Waals surface area contributed by atoms with Crippen molar-refractivity contribution in [1.82, 2.24) is 58.8 Å². The van der Waals surface area contributed by atoms with Crippen LogP contribution in [0, 0.1) is 83.1 Å². The van der Waals surface area contributed by atoms with Crippen LogP contribution in [0.3, 0.4) is 0 Å². The van der Waals surface area contributed by atoms with E-state index in [0.717, 1.165) is 129 Å². The first kappa shape index (κ1) is 109. The van der Waals surface area contributed by atoms with E-state index in [2.05, 4.69) is 240 Å². The number of anilines is 2. The summed E-state index contributed by atoms with van der Waals surface area (Å²) in [5.41, 5.74) is 23.3. The third-order valence-corrected chi connectivity index (χ3v) is 29.9. The molecule has 10 aliphatic heterocycles. The van der Waals surface area contributed by atoms with Gasteiger partial charge in [-0.1, -0.05) is 42.4 Å². The number of aromatic nitrogens is 4. The highest BCUT2D eigenvalue weighted by atomic mass is 35.5. The van der Waals surface area contributed by atoms with Gasteiger partial charge in [-0.3, -0.25) is 43.1 Å². The molecule has 0 radical (unpaired) electrons. The number of carbonyl (C=O) groups excluding carboxylic acids is 5. The summed E-state index contributed by atoms with van der Waals surface area (Å²) in [6, 6.07) is 29.7. The Kier molecular flexibility index (Phi) is 36.8. The topological polar surface area (TPSA) is 190 Å². The molecule has 24 heteroatoms. The zero-order valence-corrected chi connectivity index (χ0v) is 91.2. The number of rotatable bonds is 12. The summed E-state index contributed by atoms with van der Waals surface area (Å²) in [6.45, 7) is 84.6. The van der Waals surface area contributed by atoms with Gasteiger partial charge >= 0.3 is 0 Å². The molecule has 6 aromatic carbocycles. The Morgan fingerprint density at radius 1 is 0.396 bits per heavy atom. The number of halogens is 1. The van der Waals surface area contributed by atoms with Gasteiger partial charge in [0, 0.05) is 179 Å². The number of carbonyl (C=O) groups is 5. The van der Waals surface area contributed by atoms with Crippen LogP contribution in [0.4, 0.5) is 11.4 Å². The number of aryl methyl sites for hydroxylation is 12. The van der Waals surface area contributed by atoms with Crippen LogP contribution in [-0.4, -0.2) is 233 Å². The summed E-state index contributed by atoms with van der Waals surface area (Å²) in [7, 11) is 0. The van der Waals surface area contributed by atoms with E-state index < -0.39 is 11.2 Å². The number of hydrogen-bond acceptors (Lipinski definition) is 16. The van der Waals surface area contributed by atoms with E-state index in [4.69, 9.17) is 30.5 Å². The first-order chi connectivity index (χ1) is 65.4. The van der Waals surface area contributed by atoms with Gasteiger partial charge in [-0.2, -0.15) is 10.2 Å². The Labute approximate surface area is 838 Å². The molecule has 0 spiro atoms. The minimum absolute atomic E-state index is 0.0215. The van der Waals surface area contributed by atoms with Crippen molar-refractivity contribution in [2.24, 2.45) is 0 Å². The van der Waals surface area contributed by atoms with Crippen LogP contribution in [0.25, 0.3) is 5.70 Å². The molecular formula is C115H167ClN14O9. The monoisotopic (exact) mass is 1920 g/mol. The number of nitrogens with zero attached hydrogens (tertiary/aromatic N) is 14. The van der Waals surface area contributed by atoms with Crippen molar-refractivity contribution in [1.29, 1.82) is 0 Å². The average molecular weight is 1930 g/mol. The van der Waals surface area contributed by atoms with Gasteiger partial charge in [-0.25, -0.2) is 0 Å². The summed E-state index contributed by atoms with van der Waals surface area (Å²) >= 11 is 6.14. The quantitative estimate of drug-likeness (QED) is 0.112. The second kappa shape index (κ2) is 46.8. The van der Waals surface area contributed by atoms with Gasteiger partial charge in [0.2, 0.25) is 6.79 Å². The Morgan fingerprint density at radius 2 is 0.777 bits per heavy atom. The Bertz CT molecular complexity index is 5390. The van der Waals surface area contributed by atoms with Crippen LogP contribution in [0.1, 0.15) is 309 Å². The fourth-order valence-electron chi connectivity index (χ4n) is 20.1. The number of ether oxygens (including phenoxy) is 4. The zero-order chi connectivity index (χ0) is 102. The van der Waals surface area contributed by atoms with E-state index in [9.17, 15) is 24.0 Å². The first-order valence-electron chi connectivity index (χ1n) is 51.4. The molecule has 12 heterocycles. The highest BCUT2D eigenvalue weighted by Crippen LogP contribution is 2.45. The standard InChI is InChI=1S/C21H31N3O3.C15H21NO2.C14H18ClNO2.C14H19NO.C14H19N.C13H17NO.2C12H21N3/c1-15(2)22-10-12-23(13-11-22)17-6-8-24(9-7-17)21(25)18-5-4-16(3)19-20(18)27-14-26-19;1-9(2)16-12-7-10(3)11(4)8-13(12)18-15(5,6)14(16)17;1-8(2)16-11-7-10(15)9(3)6-12(11)18-14(4,5)13(16)17;1-9(2)15-6-5-12-7-10(3)11(4)8-13(12)14(15)16;1-9(2)15-8-13-6-10(3)11(4)7-14(13)12(15)5;1-8(2)14-7-11-5-9(3)10(4)6-12(11)13(14)15;2*1-10(2)14-6-4-12(5-7-14)15-9-11(3)8-13-15/h4-5,15,17H,6-14H2,1-3H3;7-9H,1-6H3;6-8H,1-5H3;7-9H,5-6H2,1-4H3;6-7,9H,5,8H2,1-4H3;5-6,8H,7H2,1-4H3;2*8-10,12H,4-7H2,1-3H3. The van der Waals surface area contributed by atoms with Crippen molar-refractivity contribution in [3.8, 4) is 23.0 Å². The second-order valence-corrected chi connectivity index (χ2v) is 43.9. The lowest BCUT2D eigenvalue weighted by Crippen LogP contribution is -2.54. The predicted octanol–water partition coefficient (Wildman–Crippen LogP) is 22.5. The van der Waals surface area contributed by atoms with E-state index >= 15 is 0 Å². The zero-order valence-electron chi connectivity index (χ0n) is 90.5. The summed E-state index contributed by atoms with van der Waals surface area (Å²) in [5.74, 6) is 3.29. The molecular weight excluding hydrogens is 1760 g/mol. The van der Waals surface area contributed by atoms with Gasteiger partial charge in [-0.05, 0) is 398 Å². The number of piperazine rings is 1. The molecule has 0 saturated carbocycles. The molecule has 10 aliphatic rings. The lowest BCUT2D eigenvalue weighted by Gasteiger charge is -2.43. The van der Waals surface area contributed by atoms with Gasteiger partial charge in [-0.15, -0.1) is 0 Å². The molecule has 0 bridgehead atoms.